The van der Waals surface area contributed by atoms with Crippen LogP contribution in [0.1, 0.15) is 25.3 Å². The van der Waals surface area contributed by atoms with Crippen molar-refractivity contribution in [1.82, 2.24) is 5.32 Å². The van der Waals surface area contributed by atoms with E-state index in [1.165, 1.54) is 0 Å². The van der Waals surface area contributed by atoms with E-state index in [1.807, 2.05) is 24.3 Å². The summed E-state index contributed by atoms with van der Waals surface area (Å²) in [4.78, 5) is 11.4. The molecule has 4 nitrogen and oxygen atoms in total. The van der Waals surface area contributed by atoms with Crippen LogP contribution in [0.2, 0.25) is 0 Å². The number of hydrogen-bond donors (Lipinski definition) is 2. The van der Waals surface area contributed by atoms with Crippen molar-refractivity contribution in [2.75, 3.05) is 19.7 Å². The first-order chi connectivity index (χ1) is 8.76. The molecule has 0 aromatic heterocycles. The molecule has 0 bridgehead atoms. The normalized spacial score (nSPS) is 10.1. The molecule has 0 fully saturated rings. The summed E-state index contributed by atoms with van der Waals surface area (Å²) in [6.07, 6.45) is 2.89. The molecule has 18 heavy (non-hydrogen) atoms. The monoisotopic (exact) mass is 250 g/mol. The number of carbonyl (C=O) groups excluding carboxylic acids is 1. The van der Waals surface area contributed by atoms with Gasteiger partial charge in [-0.3, -0.25) is 4.79 Å². The summed E-state index contributed by atoms with van der Waals surface area (Å²) >= 11 is 0. The van der Waals surface area contributed by atoms with Crippen LogP contribution >= 0.6 is 0 Å². The van der Waals surface area contributed by atoms with Gasteiger partial charge in [-0.1, -0.05) is 25.5 Å². The number of carbonyl (C=O) groups is 1. The predicted molar refractivity (Wildman–Crippen MR) is 72.6 cm³/mol. The lowest BCUT2D eigenvalue weighted by Gasteiger charge is -2.08. The fourth-order valence-electron chi connectivity index (χ4n) is 1.56. The van der Waals surface area contributed by atoms with Gasteiger partial charge < -0.3 is 15.8 Å². The van der Waals surface area contributed by atoms with Crippen molar-refractivity contribution in [3.8, 4) is 5.75 Å². The second-order valence-corrected chi connectivity index (χ2v) is 4.18. The van der Waals surface area contributed by atoms with Crippen LogP contribution in [0.4, 0.5) is 0 Å². The van der Waals surface area contributed by atoms with E-state index < -0.39 is 0 Å². The molecule has 100 valence electrons. The Hall–Kier alpha value is -1.55. The largest absolute Gasteiger partial charge is 0.484 e. The Labute approximate surface area is 109 Å². The minimum atomic E-state index is -0.0762. The van der Waals surface area contributed by atoms with Crippen molar-refractivity contribution in [1.29, 1.82) is 0 Å². The van der Waals surface area contributed by atoms with Gasteiger partial charge in [0.25, 0.3) is 5.91 Å². The molecule has 3 N–H and O–H groups in total. The van der Waals surface area contributed by atoms with Gasteiger partial charge in [0.15, 0.2) is 6.61 Å². The van der Waals surface area contributed by atoms with E-state index in [1.54, 1.807) is 0 Å². The SMILES string of the molecule is CCCCNC(=O)COc1cccc(CCN)c1. The lowest BCUT2D eigenvalue weighted by Crippen LogP contribution is -2.29. The Morgan fingerprint density at radius 3 is 3.00 bits per heavy atom. The van der Waals surface area contributed by atoms with Crippen molar-refractivity contribution in [3.05, 3.63) is 29.8 Å². The molecule has 0 spiro atoms. The summed E-state index contributed by atoms with van der Waals surface area (Å²) in [7, 11) is 0. The van der Waals surface area contributed by atoms with Crippen LogP contribution in [0.15, 0.2) is 24.3 Å². The molecule has 1 amide bonds. The first-order valence-corrected chi connectivity index (χ1v) is 6.44. The number of hydrogen-bond acceptors (Lipinski definition) is 3. The number of nitrogens with one attached hydrogen (secondary N) is 1. The summed E-state index contributed by atoms with van der Waals surface area (Å²) < 4.78 is 5.43. The average molecular weight is 250 g/mol. The Morgan fingerprint density at radius 2 is 2.28 bits per heavy atom. The van der Waals surface area contributed by atoms with Crippen molar-refractivity contribution in [2.45, 2.75) is 26.2 Å². The van der Waals surface area contributed by atoms with Crippen LogP contribution in [0.3, 0.4) is 0 Å². The third kappa shape index (κ3) is 5.68. The fourth-order valence-corrected chi connectivity index (χ4v) is 1.56. The zero-order valence-electron chi connectivity index (χ0n) is 10.9. The number of amides is 1. The number of unbranched alkanes of at least 4 members (excludes halogenated alkanes) is 1. The first kappa shape index (κ1) is 14.5. The van der Waals surface area contributed by atoms with E-state index >= 15 is 0 Å². The van der Waals surface area contributed by atoms with Crippen molar-refractivity contribution in [2.24, 2.45) is 5.73 Å². The lowest BCUT2D eigenvalue weighted by atomic mass is 10.1. The van der Waals surface area contributed by atoms with E-state index in [0.29, 0.717) is 18.8 Å². The Morgan fingerprint density at radius 1 is 1.44 bits per heavy atom. The van der Waals surface area contributed by atoms with E-state index in [4.69, 9.17) is 10.5 Å². The van der Waals surface area contributed by atoms with E-state index in [9.17, 15) is 4.79 Å². The standard InChI is InChI=1S/C14H22N2O2/c1-2-3-9-16-14(17)11-18-13-6-4-5-12(10-13)7-8-15/h4-6,10H,2-3,7-9,11,15H2,1H3,(H,16,17). The molecule has 0 aliphatic carbocycles. The van der Waals surface area contributed by atoms with Gasteiger partial charge in [0, 0.05) is 6.54 Å². The van der Waals surface area contributed by atoms with Crippen molar-refractivity contribution < 1.29 is 9.53 Å². The molecule has 0 radical (unpaired) electrons. The zero-order chi connectivity index (χ0) is 13.2. The van der Waals surface area contributed by atoms with Gasteiger partial charge >= 0.3 is 0 Å². The topological polar surface area (TPSA) is 64.3 Å². The van der Waals surface area contributed by atoms with Crippen LogP contribution < -0.4 is 15.8 Å². The number of benzene rings is 1. The van der Waals surface area contributed by atoms with Gasteiger partial charge in [-0.15, -0.1) is 0 Å². The highest BCUT2D eigenvalue weighted by Gasteiger charge is 2.02. The summed E-state index contributed by atoms with van der Waals surface area (Å²) in [6.45, 7) is 3.48. The van der Waals surface area contributed by atoms with Gasteiger partial charge in [0.1, 0.15) is 5.75 Å². The minimum Gasteiger partial charge on any atom is -0.484 e. The predicted octanol–water partition coefficient (Wildman–Crippen LogP) is 1.48. The number of rotatable bonds is 8. The van der Waals surface area contributed by atoms with Gasteiger partial charge in [-0.05, 0) is 37.1 Å². The maximum atomic E-state index is 11.4. The molecule has 4 heteroatoms. The molecule has 0 aliphatic rings. The van der Waals surface area contributed by atoms with Gasteiger partial charge in [-0.2, -0.15) is 0 Å². The second-order valence-electron chi connectivity index (χ2n) is 4.18. The Balaban J connectivity index is 2.33. The number of nitrogens with two attached hydrogens (primary N) is 1. The summed E-state index contributed by atoms with van der Waals surface area (Å²) in [5.74, 6) is 0.638. The van der Waals surface area contributed by atoms with E-state index in [2.05, 4.69) is 12.2 Å². The minimum absolute atomic E-state index is 0.0653. The highest BCUT2D eigenvalue weighted by Crippen LogP contribution is 2.13. The molecule has 1 aromatic carbocycles. The highest BCUT2D eigenvalue weighted by atomic mass is 16.5. The zero-order valence-corrected chi connectivity index (χ0v) is 10.9. The molecule has 1 aromatic rings. The van der Waals surface area contributed by atoms with Gasteiger partial charge in [0.05, 0.1) is 0 Å². The van der Waals surface area contributed by atoms with Crippen LogP contribution in [0.25, 0.3) is 0 Å². The molecule has 0 saturated heterocycles. The Bertz CT molecular complexity index is 367. The lowest BCUT2D eigenvalue weighted by molar-refractivity contribution is -0.123. The molecule has 0 unspecified atom stereocenters. The van der Waals surface area contributed by atoms with Crippen LogP contribution in [0, 0.1) is 0 Å². The van der Waals surface area contributed by atoms with Crippen LogP contribution in [-0.2, 0) is 11.2 Å². The second kappa shape index (κ2) is 8.53. The maximum Gasteiger partial charge on any atom is 0.257 e. The Kier molecular flexibility index (Phi) is 6.87. The van der Waals surface area contributed by atoms with Crippen LogP contribution in [-0.4, -0.2) is 25.6 Å². The highest BCUT2D eigenvalue weighted by molar-refractivity contribution is 5.77. The molecule has 0 heterocycles. The molecule has 1 rings (SSSR count). The van der Waals surface area contributed by atoms with Crippen molar-refractivity contribution in [3.63, 3.8) is 0 Å². The smallest absolute Gasteiger partial charge is 0.257 e. The van der Waals surface area contributed by atoms with E-state index in [0.717, 1.165) is 24.8 Å². The molecule has 0 atom stereocenters. The summed E-state index contributed by atoms with van der Waals surface area (Å²) in [5, 5.41) is 2.81. The third-order valence-electron chi connectivity index (χ3n) is 2.55. The maximum absolute atomic E-state index is 11.4. The van der Waals surface area contributed by atoms with Gasteiger partial charge in [0.2, 0.25) is 0 Å². The molecule has 0 saturated carbocycles. The quantitative estimate of drug-likeness (QED) is 0.687. The fraction of sp³-hybridized carbons (Fsp3) is 0.500. The first-order valence-electron chi connectivity index (χ1n) is 6.44. The van der Waals surface area contributed by atoms with Crippen molar-refractivity contribution >= 4 is 5.91 Å². The molecular formula is C14H22N2O2. The number of ether oxygens (including phenoxy) is 1. The molecular weight excluding hydrogens is 228 g/mol. The average Bonchev–Trinajstić information content (AvgIpc) is 2.38. The van der Waals surface area contributed by atoms with Gasteiger partial charge in [-0.25, -0.2) is 0 Å². The third-order valence-corrected chi connectivity index (χ3v) is 2.55. The van der Waals surface area contributed by atoms with Crippen LogP contribution in [0.5, 0.6) is 5.75 Å². The van der Waals surface area contributed by atoms with E-state index in [-0.39, 0.29) is 12.5 Å². The molecule has 0 aliphatic heterocycles. The summed E-state index contributed by atoms with van der Waals surface area (Å²) in [6, 6.07) is 7.68. The summed E-state index contributed by atoms with van der Waals surface area (Å²) in [5.41, 5.74) is 6.62.